The molecule has 6 heavy (non-hydrogen) atoms. The van der Waals surface area contributed by atoms with Gasteiger partial charge in [0.1, 0.15) is 0 Å². The van der Waals surface area contributed by atoms with Gasteiger partial charge in [0.25, 0.3) is 0 Å². The average molecular weight is 88.1 g/mol. The van der Waals surface area contributed by atoms with Gasteiger partial charge in [-0.2, -0.15) is 0 Å². The maximum atomic E-state index is 7.66. The minimum atomic E-state index is -0.0741. The summed E-state index contributed by atoms with van der Waals surface area (Å²) in [6.45, 7) is 1.95. The van der Waals surface area contributed by atoms with Gasteiger partial charge in [0, 0.05) is 11.9 Å². The first-order valence-electron chi connectivity index (χ1n) is 1.79. The second-order valence-corrected chi connectivity index (χ2v) is 1.27. The fraction of sp³-hybridized carbons (Fsp3) is 1.00. The lowest BCUT2D eigenvalue weighted by atomic mass is 10.4. The molecule has 36 valence electrons. The molecule has 3 heteroatoms. The van der Waals surface area contributed by atoms with Crippen LogP contribution in [0.25, 0.3) is 0 Å². The Balaban J connectivity index is 2.63. The molecular formula is C3H8N2O. The van der Waals surface area contributed by atoms with E-state index in [1.54, 1.807) is 6.92 Å². The van der Waals surface area contributed by atoms with Gasteiger partial charge in [0.05, 0.1) is 6.61 Å². The zero-order valence-corrected chi connectivity index (χ0v) is 3.72. The highest BCUT2D eigenvalue weighted by molar-refractivity contribution is 4.45. The van der Waals surface area contributed by atoms with E-state index in [0.29, 0.717) is 0 Å². The van der Waals surface area contributed by atoms with Crippen molar-refractivity contribution < 1.29 is 4.84 Å². The van der Waals surface area contributed by atoms with E-state index in [1.165, 1.54) is 0 Å². The molecule has 0 aromatic rings. The van der Waals surface area contributed by atoms with Gasteiger partial charge in [-0.1, -0.05) is 0 Å². The van der Waals surface area contributed by atoms with Crippen LogP contribution in [0.4, 0.5) is 0 Å². The predicted octanol–water partition coefficient (Wildman–Crippen LogP) is -0.666. The van der Waals surface area contributed by atoms with E-state index in [0.717, 1.165) is 0 Å². The van der Waals surface area contributed by atoms with Gasteiger partial charge in [0.15, 0.2) is 0 Å². The molecule has 3 nitrogen and oxygen atoms in total. The first-order chi connectivity index (χ1) is 2.77. The molecule has 0 aliphatic heterocycles. The van der Waals surface area contributed by atoms with Crippen LogP contribution >= 0.6 is 0 Å². The molecule has 0 bridgehead atoms. The Morgan fingerprint density at radius 1 is 2.00 bits per heavy atom. The van der Waals surface area contributed by atoms with Crippen LogP contribution in [0.2, 0.25) is 0 Å². The van der Waals surface area contributed by atoms with Gasteiger partial charge in [-0.15, -0.1) is 0 Å². The van der Waals surface area contributed by atoms with Crippen LogP contribution in [-0.4, -0.2) is 12.6 Å². The van der Waals surface area contributed by atoms with Crippen LogP contribution in [0.3, 0.4) is 0 Å². The molecule has 0 fully saturated rings. The Bertz CT molecular complexity index is 30.0. The van der Waals surface area contributed by atoms with Crippen LogP contribution in [0.1, 0.15) is 6.92 Å². The highest BCUT2D eigenvalue weighted by atomic mass is 16.6. The summed E-state index contributed by atoms with van der Waals surface area (Å²) in [5.74, 6) is 7.66. The van der Waals surface area contributed by atoms with Gasteiger partial charge in [-0.3, -0.25) is 4.84 Å². The molecule has 0 aliphatic rings. The van der Waals surface area contributed by atoms with Crippen molar-refractivity contribution in [2.24, 2.45) is 5.73 Å². The Hall–Kier alpha value is -0.120. The summed E-state index contributed by atoms with van der Waals surface area (Å²) in [6, 6.07) is -0.0741. The maximum Gasteiger partial charge on any atom is 0.0868 e. The molecular weight excluding hydrogens is 80.0 g/mol. The number of hydrogen-bond acceptors (Lipinski definition) is 2. The summed E-state index contributed by atoms with van der Waals surface area (Å²) in [5, 5.41) is 0. The summed E-state index contributed by atoms with van der Waals surface area (Å²) in [5.41, 5.74) is 5.12. The third kappa shape index (κ3) is 3.88. The number of hydrogen-bond donors (Lipinski definition) is 1. The highest BCUT2D eigenvalue weighted by Crippen LogP contribution is 1.70. The van der Waals surface area contributed by atoms with E-state index >= 15 is 0 Å². The molecule has 0 aromatic heterocycles. The van der Waals surface area contributed by atoms with Gasteiger partial charge in [-0.25, -0.2) is 0 Å². The van der Waals surface area contributed by atoms with E-state index < -0.39 is 0 Å². The van der Waals surface area contributed by atoms with Crippen molar-refractivity contribution in [2.75, 3.05) is 6.61 Å². The van der Waals surface area contributed by atoms with Gasteiger partial charge >= 0.3 is 0 Å². The van der Waals surface area contributed by atoms with Crippen LogP contribution in [0, 0.1) is 0 Å². The zero-order valence-electron chi connectivity index (χ0n) is 3.72. The minimum Gasteiger partial charge on any atom is -0.326 e. The van der Waals surface area contributed by atoms with Crippen molar-refractivity contribution in [1.29, 1.82) is 0 Å². The lowest BCUT2D eigenvalue weighted by molar-refractivity contribution is 0.109. The molecule has 2 radical (unpaired) electrons. The molecule has 0 rings (SSSR count). The molecule has 0 aromatic carbocycles. The largest absolute Gasteiger partial charge is 0.326 e. The minimum absolute atomic E-state index is 0.0741. The predicted molar refractivity (Wildman–Crippen MR) is 21.7 cm³/mol. The highest BCUT2D eigenvalue weighted by Gasteiger charge is 1.87. The third-order valence-corrected chi connectivity index (χ3v) is 0.337. The molecule has 1 atom stereocenters. The van der Waals surface area contributed by atoms with Crippen LogP contribution in [0.15, 0.2) is 0 Å². The van der Waals surface area contributed by atoms with Crippen LogP contribution in [-0.2, 0) is 4.84 Å². The fourth-order valence-corrected chi connectivity index (χ4v) is 0.118. The zero-order chi connectivity index (χ0) is 4.99. The van der Waals surface area contributed by atoms with Gasteiger partial charge in [-0.05, 0) is 6.92 Å². The normalized spacial score (nSPS) is 14.5. The molecule has 0 amide bonds. The molecule has 0 heterocycles. The summed E-state index contributed by atoms with van der Waals surface area (Å²) in [6.07, 6.45) is 0. The molecule has 0 saturated carbocycles. The van der Waals surface area contributed by atoms with E-state index in [9.17, 15) is 0 Å². The van der Waals surface area contributed by atoms with Crippen molar-refractivity contribution in [3.63, 3.8) is 0 Å². The fourth-order valence-electron chi connectivity index (χ4n) is 0.118. The number of nitrogens with zero attached hydrogens (tertiary/aromatic N) is 1. The summed E-state index contributed by atoms with van der Waals surface area (Å²) in [4.78, 5) is 3.68. The maximum absolute atomic E-state index is 7.66. The Labute approximate surface area is 37.2 Å². The standard InChI is InChI=1S/C3H8N2O/c1-3(4)2-6-5/h3H,2,4H2,1H3/t3-/m1/s1. The Morgan fingerprint density at radius 2 is 2.50 bits per heavy atom. The summed E-state index contributed by atoms with van der Waals surface area (Å²) < 4.78 is 0. The Morgan fingerprint density at radius 3 is 2.50 bits per heavy atom. The van der Waals surface area contributed by atoms with E-state index in [-0.39, 0.29) is 12.6 Å². The number of rotatable bonds is 2. The van der Waals surface area contributed by atoms with Crippen molar-refractivity contribution in [3.05, 3.63) is 0 Å². The molecule has 0 aliphatic carbocycles. The first kappa shape index (κ1) is 5.88. The van der Waals surface area contributed by atoms with Crippen LogP contribution < -0.4 is 11.6 Å². The lowest BCUT2D eigenvalue weighted by Crippen LogP contribution is -2.21. The molecule has 0 spiro atoms. The topological polar surface area (TPSA) is 57.5 Å². The molecule has 0 unspecified atom stereocenters. The van der Waals surface area contributed by atoms with E-state index in [4.69, 9.17) is 11.6 Å². The molecule has 0 saturated heterocycles. The van der Waals surface area contributed by atoms with Crippen molar-refractivity contribution in [3.8, 4) is 0 Å². The second kappa shape index (κ2) is 3.08. The van der Waals surface area contributed by atoms with Crippen LogP contribution in [0.5, 0.6) is 0 Å². The number of nitrogens with two attached hydrogens (primary N) is 1. The van der Waals surface area contributed by atoms with Crippen molar-refractivity contribution in [2.45, 2.75) is 13.0 Å². The molecule has 2 N–H and O–H groups in total. The van der Waals surface area contributed by atoms with Crippen molar-refractivity contribution >= 4 is 0 Å². The smallest absolute Gasteiger partial charge is 0.0868 e. The first-order valence-corrected chi connectivity index (χ1v) is 1.79. The van der Waals surface area contributed by atoms with E-state index in [2.05, 4.69) is 4.84 Å². The summed E-state index contributed by atoms with van der Waals surface area (Å²) >= 11 is 0. The SMILES string of the molecule is C[C@@H](N)CO[N]. The van der Waals surface area contributed by atoms with Gasteiger partial charge in [0.2, 0.25) is 0 Å². The monoisotopic (exact) mass is 88.1 g/mol. The quantitative estimate of drug-likeness (QED) is 0.455. The summed E-state index contributed by atoms with van der Waals surface area (Å²) in [7, 11) is 0. The lowest BCUT2D eigenvalue weighted by Gasteiger charge is -1.95. The van der Waals surface area contributed by atoms with Crippen molar-refractivity contribution in [1.82, 2.24) is 5.90 Å². The van der Waals surface area contributed by atoms with E-state index in [1.807, 2.05) is 0 Å². The third-order valence-electron chi connectivity index (χ3n) is 0.337. The van der Waals surface area contributed by atoms with Gasteiger partial charge < -0.3 is 5.73 Å². The Kier molecular flexibility index (Phi) is 3.02. The second-order valence-electron chi connectivity index (χ2n) is 1.27. The average Bonchev–Trinajstić information content (AvgIpc) is 1.35.